The van der Waals surface area contributed by atoms with Gasteiger partial charge in [-0.05, 0) is 26.0 Å². The number of carbonyl (C=O) groups is 1. The molecule has 0 atom stereocenters. The minimum Gasteiger partial charge on any atom is -0.343 e. The molecule has 148 valence electrons. The van der Waals surface area contributed by atoms with E-state index in [4.69, 9.17) is 0 Å². The molecule has 1 aromatic carbocycles. The second kappa shape index (κ2) is 7.37. The van der Waals surface area contributed by atoms with Crippen LogP contribution in [0.5, 0.6) is 0 Å². The summed E-state index contributed by atoms with van der Waals surface area (Å²) in [6.45, 7) is 3.30. The number of thiazole rings is 1. The SMILES string of the molecule is CC(C)S(=O)(=O)c1ccc(-c2cnc3[nH]cc(NC(=O)c4cncs4)c3n2)cc1. The fourth-order valence-corrected chi connectivity index (χ4v) is 4.30. The van der Waals surface area contributed by atoms with E-state index >= 15 is 0 Å². The summed E-state index contributed by atoms with van der Waals surface area (Å²) in [5, 5.41) is 2.31. The first-order valence-corrected chi connectivity index (χ1v) is 11.2. The van der Waals surface area contributed by atoms with Crippen molar-refractivity contribution in [3.63, 3.8) is 0 Å². The summed E-state index contributed by atoms with van der Waals surface area (Å²) >= 11 is 1.24. The molecule has 3 heterocycles. The molecule has 0 fully saturated rings. The Morgan fingerprint density at radius 1 is 1.17 bits per heavy atom. The van der Waals surface area contributed by atoms with E-state index in [9.17, 15) is 13.2 Å². The molecule has 0 aliphatic rings. The van der Waals surface area contributed by atoms with Gasteiger partial charge in [-0.3, -0.25) is 9.78 Å². The fraction of sp³-hybridized carbons (Fsp3) is 0.158. The second-order valence-electron chi connectivity index (χ2n) is 6.59. The molecule has 0 bridgehead atoms. The summed E-state index contributed by atoms with van der Waals surface area (Å²) in [4.78, 5) is 28.9. The maximum atomic E-state index is 12.3. The van der Waals surface area contributed by atoms with Gasteiger partial charge in [0.25, 0.3) is 5.91 Å². The van der Waals surface area contributed by atoms with Gasteiger partial charge in [-0.2, -0.15) is 0 Å². The number of fused-ring (bicyclic) bond motifs is 1. The molecule has 0 aliphatic heterocycles. The van der Waals surface area contributed by atoms with Crippen molar-refractivity contribution < 1.29 is 13.2 Å². The van der Waals surface area contributed by atoms with Crippen LogP contribution in [-0.2, 0) is 9.84 Å². The summed E-state index contributed by atoms with van der Waals surface area (Å²) in [5.74, 6) is -0.274. The molecule has 0 unspecified atom stereocenters. The van der Waals surface area contributed by atoms with Gasteiger partial charge in [0.15, 0.2) is 15.5 Å². The van der Waals surface area contributed by atoms with Crippen LogP contribution in [0.25, 0.3) is 22.4 Å². The average Bonchev–Trinajstić information content (AvgIpc) is 3.38. The number of aromatic nitrogens is 4. The molecule has 0 spiro atoms. The Kier molecular flexibility index (Phi) is 4.89. The molecule has 0 saturated heterocycles. The van der Waals surface area contributed by atoms with Gasteiger partial charge in [-0.1, -0.05) is 12.1 Å². The van der Waals surface area contributed by atoms with Crippen molar-refractivity contribution in [2.24, 2.45) is 0 Å². The monoisotopic (exact) mass is 427 g/mol. The molecule has 0 radical (unpaired) electrons. The molecule has 29 heavy (non-hydrogen) atoms. The number of nitrogens with zero attached hydrogens (tertiary/aromatic N) is 3. The van der Waals surface area contributed by atoms with E-state index in [0.717, 1.165) is 5.56 Å². The Hall–Kier alpha value is -3.11. The molecule has 4 aromatic rings. The van der Waals surface area contributed by atoms with Gasteiger partial charge >= 0.3 is 0 Å². The largest absolute Gasteiger partial charge is 0.343 e. The first-order valence-electron chi connectivity index (χ1n) is 8.74. The number of anilines is 1. The molecule has 10 heteroatoms. The molecule has 0 aliphatic carbocycles. The van der Waals surface area contributed by atoms with E-state index in [1.807, 2.05) is 0 Å². The van der Waals surface area contributed by atoms with Crippen molar-refractivity contribution in [3.05, 3.63) is 53.2 Å². The Morgan fingerprint density at radius 2 is 1.93 bits per heavy atom. The van der Waals surface area contributed by atoms with E-state index in [2.05, 4.69) is 25.3 Å². The van der Waals surface area contributed by atoms with Crippen molar-refractivity contribution in [1.29, 1.82) is 0 Å². The molecule has 2 N–H and O–H groups in total. The van der Waals surface area contributed by atoms with Gasteiger partial charge in [-0.25, -0.2) is 18.4 Å². The molecule has 4 rings (SSSR count). The summed E-state index contributed by atoms with van der Waals surface area (Å²) in [6.07, 6.45) is 4.73. The minimum absolute atomic E-state index is 0.268. The Balaban J connectivity index is 1.66. The number of hydrogen-bond acceptors (Lipinski definition) is 7. The lowest BCUT2D eigenvalue weighted by Crippen LogP contribution is -2.13. The van der Waals surface area contributed by atoms with Gasteiger partial charge in [0.2, 0.25) is 0 Å². The number of benzene rings is 1. The third kappa shape index (κ3) is 3.64. The molecular weight excluding hydrogens is 410 g/mol. The average molecular weight is 428 g/mol. The molecular formula is C19H17N5O3S2. The summed E-state index contributed by atoms with van der Waals surface area (Å²) < 4.78 is 24.6. The number of hydrogen-bond donors (Lipinski definition) is 2. The highest BCUT2D eigenvalue weighted by atomic mass is 32.2. The Bertz CT molecular complexity index is 1280. The minimum atomic E-state index is -3.34. The van der Waals surface area contributed by atoms with Crippen LogP contribution < -0.4 is 5.32 Å². The van der Waals surface area contributed by atoms with E-state index < -0.39 is 15.1 Å². The lowest BCUT2D eigenvalue weighted by molar-refractivity contribution is 0.103. The second-order valence-corrected chi connectivity index (χ2v) is 9.98. The number of carbonyl (C=O) groups excluding carboxylic acids is 1. The van der Waals surface area contributed by atoms with Crippen LogP contribution in [0.3, 0.4) is 0 Å². The Morgan fingerprint density at radius 3 is 2.59 bits per heavy atom. The smallest absolute Gasteiger partial charge is 0.267 e. The summed E-state index contributed by atoms with van der Waals surface area (Å²) in [5.41, 5.74) is 4.44. The predicted molar refractivity (Wildman–Crippen MR) is 112 cm³/mol. The fourth-order valence-electron chi connectivity index (χ4n) is 2.73. The zero-order valence-corrected chi connectivity index (χ0v) is 17.2. The van der Waals surface area contributed by atoms with Gasteiger partial charge in [0.1, 0.15) is 10.4 Å². The van der Waals surface area contributed by atoms with E-state index in [1.54, 1.807) is 56.0 Å². The Labute approximate surface area is 171 Å². The lowest BCUT2D eigenvalue weighted by atomic mass is 10.1. The number of nitrogens with one attached hydrogen (secondary N) is 2. The van der Waals surface area contributed by atoms with Gasteiger partial charge in [0, 0.05) is 11.8 Å². The van der Waals surface area contributed by atoms with Crippen molar-refractivity contribution in [3.8, 4) is 11.3 Å². The van der Waals surface area contributed by atoms with E-state index in [0.29, 0.717) is 27.4 Å². The highest BCUT2D eigenvalue weighted by molar-refractivity contribution is 7.92. The number of H-pyrrole nitrogens is 1. The summed E-state index contributed by atoms with van der Waals surface area (Å²) in [6, 6.07) is 6.54. The molecule has 8 nitrogen and oxygen atoms in total. The van der Waals surface area contributed by atoms with Crippen molar-refractivity contribution >= 4 is 43.9 Å². The molecule has 3 aromatic heterocycles. The van der Waals surface area contributed by atoms with Crippen LogP contribution in [-0.4, -0.2) is 39.5 Å². The van der Waals surface area contributed by atoms with Gasteiger partial charge in [0.05, 0.1) is 39.4 Å². The number of rotatable bonds is 5. The first kappa shape index (κ1) is 19.2. The predicted octanol–water partition coefficient (Wildman–Crippen LogP) is 3.52. The van der Waals surface area contributed by atoms with Crippen LogP contribution >= 0.6 is 11.3 Å². The summed E-state index contributed by atoms with van der Waals surface area (Å²) in [7, 11) is -3.34. The van der Waals surface area contributed by atoms with Crippen molar-refractivity contribution in [2.75, 3.05) is 5.32 Å². The third-order valence-electron chi connectivity index (χ3n) is 4.38. The highest BCUT2D eigenvalue weighted by Gasteiger charge is 2.19. The lowest BCUT2D eigenvalue weighted by Gasteiger charge is -2.08. The molecule has 1 amide bonds. The van der Waals surface area contributed by atoms with Crippen LogP contribution in [0.4, 0.5) is 5.69 Å². The standard InChI is InChI=1S/C19H17N5O3S2/c1-11(2)29(26,27)13-5-3-12(4-6-13)14-7-21-18-17(23-14)15(8-22-18)24-19(25)16-9-20-10-28-16/h3-11H,1-2H3,(H,21,22)(H,24,25). The number of sulfone groups is 1. The maximum Gasteiger partial charge on any atom is 0.267 e. The van der Waals surface area contributed by atoms with Crippen LogP contribution in [0, 0.1) is 0 Å². The normalized spacial score (nSPS) is 11.8. The zero-order valence-electron chi connectivity index (χ0n) is 15.6. The third-order valence-corrected chi connectivity index (χ3v) is 7.33. The van der Waals surface area contributed by atoms with Crippen molar-refractivity contribution in [1.82, 2.24) is 19.9 Å². The quantitative estimate of drug-likeness (QED) is 0.503. The zero-order chi connectivity index (χ0) is 20.6. The number of amides is 1. The first-order chi connectivity index (χ1) is 13.9. The molecule has 0 saturated carbocycles. The van der Waals surface area contributed by atoms with Gasteiger partial charge < -0.3 is 10.3 Å². The van der Waals surface area contributed by atoms with Crippen LogP contribution in [0.2, 0.25) is 0 Å². The van der Waals surface area contributed by atoms with Crippen LogP contribution in [0.1, 0.15) is 23.5 Å². The topological polar surface area (TPSA) is 118 Å². The maximum absolute atomic E-state index is 12.3. The van der Waals surface area contributed by atoms with Crippen LogP contribution in [0.15, 0.2) is 53.3 Å². The van der Waals surface area contributed by atoms with E-state index in [1.165, 1.54) is 17.5 Å². The highest BCUT2D eigenvalue weighted by Crippen LogP contribution is 2.26. The van der Waals surface area contributed by atoms with Crippen molar-refractivity contribution in [2.45, 2.75) is 24.0 Å². The van der Waals surface area contributed by atoms with E-state index in [-0.39, 0.29) is 10.8 Å². The number of aromatic amines is 1. The van der Waals surface area contributed by atoms with Gasteiger partial charge in [-0.15, -0.1) is 11.3 Å².